The molecule has 0 amide bonds. The second-order valence-corrected chi connectivity index (χ2v) is 4.20. The number of unbranched alkanes of at least 4 members (excludes halogenated alkanes) is 4. The molecule has 1 nitrogen and oxygen atoms in total. The van der Waals surface area contributed by atoms with Gasteiger partial charge in [0.25, 0.3) is 0 Å². The van der Waals surface area contributed by atoms with Crippen molar-refractivity contribution in [2.45, 2.75) is 65.7 Å². The van der Waals surface area contributed by atoms with Crippen LogP contribution in [0, 0.1) is 0 Å². The number of allylic oxidation sites excluding steroid dienone is 1. The summed E-state index contributed by atoms with van der Waals surface area (Å²) in [6.45, 7) is 8.27. The normalized spacial score (nSPS) is 12.1. The van der Waals surface area contributed by atoms with E-state index in [0.29, 0.717) is 0 Å². The molecule has 0 radical (unpaired) electrons. The van der Waals surface area contributed by atoms with Crippen molar-refractivity contribution >= 4 is 0 Å². The first kappa shape index (κ1) is 14.7. The van der Waals surface area contributed by atoms with Crippen LogP contribution < -0.4 is 0 Å². The van der Waals surface area contributed by atoms with Gasteiger partial charge in [0.15, 0.2) is 0 Å². The summed E-state index contributed by atoms with van der Waals surface area (Å²) >= 11 is 0. The zero-order valence-electron chi connectivity index (χ0n) is 10.8. The van der Waals surface area contributed by atoms with Crippen LogP contribution in [0.4, 0.5) is 0 Å². The van der Waals surface area contributed by atoms with E-state index in [1.54, 1.807) is 0 Å². The third-order valence-corrected chi connectivity index (χ3v) is 2.63. The van der Waals surface area contributed by atoms with Gasteiger partial charge in [-0.2, -0.15) is 0 Å². The Balaban J connectivity index is 3.26. The fraction of sp³-hybridized carbons (Fsp3) is 0.857. The van der Waals surface area contributed by atoms with Crippen molar-refractivity contribution < 1.29 is 4.74 Å². The lowest BCUT2D eigenvalue weighted by Gasteiger charge is -2.02. The van der Waals surface area contributed by atoms with Crippen molar-refractivity contribution in [3.05, 3.63) is 11.6 Å². The van der Waals surface area contributed by atoms with Crippen LogP contribution in [0.25, 0.3) is 0 Å². The zero-order valence-corrected chi connectivity index (χ0v) is 10.8. The monoisotopic (exact) mass is 212 g/mol. The van der Waals surface area contributed by atoms with E-state index in [1.165, 1.54) is 44.1 Å². The number of hydrogen-bond donors (Lipinski definition) is 0. The average Bonchev–Trinajstić information content (AvgIpc) is 2.24. The molecule has 0 aliphatic carbocycles. The SMILES string of the molecule is CCCCCCCC(C)=CCCOCC. The van der Waals surface area contributed by atoms with Crippen LogP contribution in [0.1, 0.15) is 65.7 Å². The second kappa shape index (κ2) is 11.8. The van der Waals surface area contributed by atoms with E-state index in [9.17, 15) is 0 Å². The van der Waals surface area contributed by atoms with E-state index < -0.39 is 0 Å². The zero-order chi connectivity index (χ0) is 11.4. The maximum absolute atomic E-state index is 5.30. The van der Waals surface area contributed by atoms with Crippen molar-refractivity contribution in [3.8, 4) is 0 Å². The van der Waals surface area contributed by atoms with Gasteiger partial charge in [-0.05, 0) is 33.1 Å². The Bertz CT molecular complexity index is 149. The summed E-state index contributed by atoms with van der Waals surface area (Å²) in [7, 11) is 0. The maximum Gasteiger partial charge on any atom is 0.0500 e. The van der Waals surface area contributed by atoms with Crippen LogP contribution >= 0.6 is 0 Å². The van der Waals surface area contributed by atoms with Gasteiger partial charge in [0.05, 0.1) is 0 Å². The number of ether oxygens (including phenoxy) is 1. The van der Waals surface area contributed by atoms with Crippen molar-refractivity contribution in [2.75, 3.05) is 13.2 Å². The molecule has 0 aliphatic heterocycles. The molecular formula is C14H28O. The summed E-state index contributed by atoms with van der Waals surface area (Å²) in [5.74, 6) is 0. The van der Waals surface area contributed by atoms with Gasteiger partial charge in [-0.25, -0.2) is 0 Å². The van der Waals surface area contributed by atoms with Crippen LogP contribution in [0.5, 0.6) is 0 Å². The van der Waals surface area contributed by atoms with E-state index in [1.807, 2.05) is 6.92 Å². The van der Waals surface area contributed by atoms with Gasteiger partial charge >= 0.3 is 0 Å². The molecule has 0 aromatic carbocycles. The molecule has 0 spiro atoms. The minimum Gasteiger partial charge on any atom is -0.381 e. The Morgan fingerprint density at radius 2 is 1.80 bits per heavy atom. The largest absolute Gasteiger partial charge is 0.381 e. The fourth-order valence-electron chi connectivity index (χ4n) is 1.64. The average molecular weight is 212 g/mol. The highest BCUT2D eigenvalue weighted by Gasteiger charge is 1.92. The molecule has 0 atom stereocenters. The predicted molar refractivity (Wildman–Crippen MR) is 68.2 cm³/mol. The summed E-state index contributed by atoms with van der Waals surface area (Å²) in [4.78, 5) is 0. The van der Waals surface area contributed by atoms with Gasteiger partial charge in [-0.3, -0.25) is 0 Å². The molecule has 90 valence electrons. The molecule has 0 bridgehead atoms. The molecule has 0 saturated carbocycles. The Morgan fingerprint density at radius 1 is 1.07 bits per heavy atom. The highest BCUT2D eigenvalue weighted by Crippen LogP contribution is 2.10. The van der Waals surface area contributed by atoms with E-state index in [0.717, 1.165) is 19.6 Å². The molecular weight excluding hydrogens is 184 g/mol. The van der Waals surface area contributed by atoms with Crippen molar-refractivity contribution in [2.24, 2.45) is 0 Å². The highest BCUT2D eigenvalue weighted by molar-refractivity contribution is 4.97. The standard InChI is InChI=1S/C14H28O/c1-4-6-7-8-9-11-14(3)12-10-13-15-5-2/h12H,4-11,13H2,1-3H3. The minimum atomic E-state index is 0.837. The van der Waals surface area contributed by atoms with Gasteiger partial charge in [0, 0.05) is 13.2 Å². The summed E-state index contributed by atoms with van der Waals surface area (Å²) in [5, 5.41) is 0. The molecule has 0 aliphatic rings. The number of hydrogen-bond acceptors (Lipinski definition) is 1. The second-order valence-electron chi connectivity index (χ2n) is 4.20. The van der Waals surface area contributed by atoms with Crippen LogP contribution in [0.3, 0.4) is 0 Å². The summed E-state index contributed by atoms with van der Waals surface area (Å²) in [6.07, 6.45) is 11.6. The molecule has 15 heavy (non-hydrogen) atoms. The van der Waals surface area contributed by atoms with Gasteiger partial charge < -0.3 is 4.74 Å². The Hall–Kier alpha value is -0.300. The topological polar surface area (TPSA) is 9.23 Å². The molecule has 0 heterocycles. The Kier molecular flexibility index (Phi) is 11.5. The Labute approximate surface area is 95.9 Å². The Morgan fingerprint density at radius 3 is 2.47 bits per heavy atom. The van der Waals surface area contributed by atoms with E-state index >= 15 is 0 Å². The molecule has 1 heteroatoms. The maximum atomic E-state index is 5.30. The van der Waals surface area contributed by atoms with E-state index in [4.69, 9.17) is 4.74 Å². The van der Waals surface area contributed by atoms with Crippen LogP contribution in [0.15, 0.2) is 11.6 Å². The fourth-order valence-corrected chi connectivity index (χ4v) is 1.64. The third-order valence-electron chi connectivity index (χ3n) is 2.63. The number of rotatable bonds is 10. The van der Waals surface area contributed by atoms with Crippen molar-refractivity contribution in [1.82, 2.24) is 0 Å². The predicted octanol–water partition coefficient (Wildman–Crippen LogP) is 4.72. The van der Waals surface area contributed by atoms with Crippen LogP contribution in [-0.4, -0.2) is 13.2 Å². The summed E-state index contributed by atoms with van der Waals surface area (Å²) in [5.41, 5.74) is 1.53. The van der Waals surface area contributed by atoms with Crippen LogP contribution in [-0.2, 0) is 4.74 Å². The van der Waals surface area contributed by atoms with Gasteiger partial charge in [0.2, 0.25) is 0 Å². The quantitative estimate of drug-likeness (QED) is 0.376. The lowest BCUT2D eigenvalue weighted by molar-refractivity contribution is 0.152. The molecule has 0 rings (SSSR count). The highest BCUT2D eigenvalue weighted by atomic mass is 16.5. The first-order valence-corrected chi connectivity index (χ1v) is 6.54. The van der Waals surface area contributed by atoms with Gasteiger partial charge in [-0.15, -0.1) is 0 Å². The van der Waals surface area contributed by atoms with Crippen LogP contribution in [0.2, 0.25) is 0 Å². The van der Waals surface area contributed by atoms with E-state index in [-0.39, 0.29) is 0 Å². The molecule has 0 aromatic heterocycles. The van der Waals surface area contributed by atoms with E-state index in [2.05, 4.69) is 19.9 Å². The lowest BCUT2D eigenvalue weighted by atomic mass is 10.1. The third kappa shape index (κ3) is 11.6. The molecule has 0 saturated heterocycles. The van der Waals surface area contributed by atoms with Gasteiger partial charge in [0.1, 0.15) is 0 Å². The molecule has 0 unspecified atom stereocenters. The smallest absolute Gasteiger partial charge is 0.0500 e. The molecule has 0 fully saturated rings. The molecule has 0 N–H and O–H groups in total. The first-order valence-electron chi connectivity index (χ1n) is 6.54. The summed E-state index contributed by atoms with van der Waals surface area (Å²) in [6, 6.07) is 0. The minimum absolute atomic E-state index is 0.837. The summed E-state index contributed by atoms with van der Waals surface area (Å²) < 4.78 is 5.30. The van der Waals surface area contributed by atoms with Crippen molar-refractivity contribution in [1.29, 1.82) is 0 Å². The van der Waals surface area contributed by atoms with Crippen molar-refractivity contribution in [3.63, 3.8) is 0 Å². The first-order chi connectivity index (χ1) is 7.31. The molecule has 0 aromatic rings. The lowest BCUT2D eigenvalue weighted by Crippen LogP contribution is -1.91. The van der Waals surface area contributed by atoms with Gasteiger partial charge in [-0.1, -0.05) is 44.3 Å².